The van der Waals surface area contributed by atoms with Gasteiger partial charge in [-0.2, -0.15) is 0 Å². The van der Waals surface area contributed by atoms with Crippen LogP contribution in [0.1, 0.15) is 77.0 Å². The maximum atomic E-state index is 16.0. The Balaban J connectivity index is 0.977. The number of hydrogen-bond acceptors (Lipinski definition) is 12. The van der Waals surface area contributed by atoms with Gasteiger partial charge in [-0.05, 0) is 123 Å². The largest absolute Gasteiger partial charge is 0.326 e. The summed E-state index contributed by atoms with van der Waals surface area (Å²) in [7, 11) is 0. The van der Waals surface area contributed by atoms with Gasteiger partial charge in [0, 0.05) is 34.6 Å². The van der Waals surface area contributed by atoms with Crippen molar-refractivity contribution in [2.75, 3.05) is 21.3 Å². The van der Waals surface area contributed by atoms with E-state index in [1.54, 1.807) is 0 Å². The van der Waals surface area contributed by atoms with Gasteiger partial charge in [-0.1, -0.05) is 111 Å². The van der Waals surface area contributed by atoms with E-state index in [0.29, 0.717) is 46.4 Å². The van der Waals surface area contributed by atoms with Gasteiger partial charge in [-0.15, -0.1) is 0 Å². The van der Waals surface area contributed by atoms with Crippen molar-refractivity contribution in [1.29, 1.82) is 0 Å². The van der Waals surface area contributed by atoms with Crippen LogP contribution in [0.4, 0.5) is 22.7 Å². The van der Waals surface area contributed by atoms with E-state index in [1.807, 2.05) is 121 Å². The van der Waals surface area contributed by atoms with E-state index >= 15 is 19.2 Å². The number of nitrogens with one attached hydrogen (secondary N) is 12. The average Bonchev–Trinajstić information content (AvgIpc) is 4.35. The third-order valence-electron chi connectivity index (χ3n) is 19.6. The fraction of sp³-hybridized carbons (Fsp3) is 0.533. The molecule has 9 aliphatic rings. The molecule has 8 bridgehead atoms. The Labute approximate surface area is 446 Å². The maximum Gasteiger partial charge on any atom is 0.229 e. The summed E-state index contributed by atoms with van der Waals surface area (Å²) in [6.07, 6.45) is 12.7. The summed E-state index contributed by atoms with van der Waals surface area (Å²) in [5.41, 5.74) is 2.20. The van der Waals surface area contributed by atoms with Crippen LogP contribution in [-0.4, -0.2) is 73.0 Å². The van der Waals surface area contributed by atoms with Crippen molar-refractivity contribution in [2.24, 2.45) is 71.0 Å². The Hall–Kier alpha value is -5.56. The van der Waals surface area contributed by atoms with Crippen molar-refractivity contribution < 1.29 is 19.2 Å². The molecule has 4 saturated carbocycles. The SMILES string of the molecule is O=C(Nc1ccccc1)C1C(C(=O)Nc2ccccc2)C(C(=O)Nc2ccccc2)C2C3NC4NC(NC5NC(NC6NC(NC(N3)C2C1C(=O)Nc1ccccc1)C1CCCCC61)C1CCCCC51)C1CCCCC41. The zero-order valence-corrected chi connectivity index (χ0v) is 43.2. The zero-order chi connectivity index (χ0) is 51.3. The lowest BCUT2D eigenvalue weighted by atomic mass is 9.55. The predicted octanol–water partition coefficient (Wildman–Crippen LogP) is 6.06. The Morgan fingerprint density at radius 1 is 0.276 bits per heavy atom. The van der Waals surface area contributed by atoms with E-state index < -0.39 is 59.7 Å². The van der Waals surface area contributed by atoms with Gasteiger partial charge in [0.25, 0.3) is 0 Å². The number of hydrogen-bond donors (Lipinski definition) is 12. The number of amides is 4. The number of carbonyl (C=O) groups excluding carboxylic acids is 4. The molecule has 20 atom stereocenters. The van der Waals surface area contributed by atoms with Crippen molar-refractivity contribution in [3.8, 4) is 0 Å². The highest BCUT2D eigenvalue weighted by Gasteiger charge is 2.67. The molecular weight excluding hydrogens is 953 g/mol. The number of benzene rings is 4. The second-order valence-electron chi connectivity index (χ2n) is 23.7. The molecule has 9 fully saturated rings. The topological polar surface area (TPSA) is 213 Å². The third-order valence-corrected chi connectivity index (χ3v) is 19.6. The number of rotatable bonds is 8. The molecule has 76 heavy (non-hydrogen) atoms. The van der Waals surface area contributed by atoms with Gasteiger partial charge < -0.3 is 21.3 Å². The Kier molecular flexibility index (Phi) is 14.3. The van der Waals surface area contributed by atoms with Crippen molar-refractivity contribution in [3.63, 3.8) is 0 Å². The molecule has 4 amide bonds. The second-order valence-corrected chi connectivity index (χ2v) is 23.7. The number of anilines is 4. The van der Waals surface area contributed by atoms with Gasteiger partial charge in [-0.3, -0.25) is 61.7 Å². The monoisotopic (exact) mass is 1030 g/mol. The minimum atomic E-state index is -1.32. The lowest BCUT2D eigenvalue weighted by Crippen LogP contribution is -2.64. The molecule has 0 aromatic heterocycles. The van der Waals surface area contributed by atoms with Gasteiger partial charge in [0.05, 0.1) is 73.0 Å². The first kappa shape index (κ1) is 50.0. The lowest BCUT2D eigenvalue weighted by Gasteiger charge is -2.49. The van der Waals surface area contributed by atoms with Crippen LogP contribution in [0, 0.1) is 71.0 Å². The predicted molar refractivity (Wildman–Crippen MR) is 293 cm³/mol. The van der Waals surface area contributed by atoms with Crippen LogP contribution in [0.3, 0.4) is 0 Å². The van der Waals surface area contributed by atoms with Gasteiger partial charge in [-0.25, -0.2) is 0 Å². The summed E-state index contributed by atoms with van der Waals surface area (Å²) in [5, 5.41) is 46.1. The third kappa shape index (κ3) is 9.67. The molecule has 0 spiro atoms. The summed E-state index contributed by atoms with van der Waals surface area (Å²) in [4.78, 5) is 63.6. The van der Waals surface area contributed by atoms with Gasteiger partial charge in [0.1, 0.15) is 0 Å². The number of fused-ring (bicyclic) bond motifs is 20. The van der Waals surface area contributed by atoms with E-state index in [4.69, 9.17) is 0 Å². The van der Waals surface area contributed by atoms with Crippen molar-refractivity contribution >= 4 is 46.4 Å². The highest BCUT2D eigenvalue weighted by atomic mass is 16.2. The highest BCUT2D eigenvalue weighted by Crippen LogP contribution is 2.54. The summed E-state index contributed by atoms with van der Waals surface area (Å²) >= 11 is 0. The smallest absolute Gasteiger partial charge is 0.229 e. The van der Waals surface area contributed by atoms with Crippen LogP contribution >= 0.6 is 0 Å². The van der Waals surface area contributed by atoms with Crippen LogP contribution in [0.15, 0.2) is 121 Å². The molecule has 13 rings (SSSR count). The van der Waals surface area contributed by atoms with Crippen LogP contribution in [0.2, 0.25) is 0 Å². The Morgan fingerprint density at radius 3 is 0.711 bits per heavy atom. The number of para-hydroxylation sites is 4. The standard InChI is InChI=1S/C60H76N12O4/c73-57(61-33-19-5-1-6-20-33)45-43-44(46(58(74)62-34-21-7-2-8-22-34)48(60(76)64-36-25-11-4-12-26-36)47(45)59(75)63-35-23-9-3-10-24-35)56-71-54-42-32-18-16-30-40(42)52(69-54)67-50-38-28-14-13-27-37(38)49(65-50)66-51-39-29-15-17-31-41(39)53(68-51)70-55(43)72-56/h1-12,19-26,37-56,65-72H,13-18,27-32H2,(H,61,73)(H,62,74)(H,63,75)(H,64,76). The molecule has 12 N–H and O–H groups in total. The molecule has 400 valence electrons. The average molecular weight is 1030 g/mol. The quantitative estimate of drug-likeness (QED) is 0.0972. The molecule has 4 aromatic carbocycles. The Bertz CT molecular complexity index is 2510. The van der Waals surface area contributed by atoms with Crippen LogP contribution in [0.25, 0.3) is 0 Å². The van der Waals surface area contributed by atoms with E-state index in [1.165, 1.54) is 38.5 Å². The minimum Gasteiger partial charge on any atom is -0.326 e. The van der Waals surface area contributed by atoms with Crippen molar-refractivity contribution in [3.05, 3.63) is 121 Å². The van der Waals surface area contributed by atoms with E-state index in [-0.39, 0.29) is 60.6 Å². The second kappa shape index (κ2) is 21.7. The first-order chi connectivity index (χ1) is 37.3. The highest BCUT2D eigenvalue weighted by molar-refractivity contribution is 6.07. The van der Waals surface area contributed by atoms with Crippen LogP contribution in [-0.2, 0) is 19.2 Å². The minimum absolute atomic E-state index is 0.0424. The van der Waals surface area contributed by atoms with Crippen molar-refractivity contribution in [1.82, 2.24) is 42.5 Å². The van der Waals surface area contributed by atoms with Crippen LogP contribution < -0.4 is 63.8 Å². The fourth-order valence-corrected chi connectivity index (χ4v) is 16.5. The first-order valence-corrected chi connectivity index (χ1v) is 28.8. The van der Waals surface area contributed by atoms with Gasteiger partial charge in [0.15, 0.2) is 0 Å². The Morgan fingerprint density at radius 2 is 0.474 bits per heavy atom. The molecule has 5 aliphatic heterocycles. The van der Waals surface area contributed by atoms with Gasteiger partial charge >= 0.3 is 0 Å². The zero-order valence-electron chi connectivity index (χ0n) is 43.2. The van der Waals surface area contributed by atoms with Crippen molar-refractivity contribution in [2.45, 2.75) is 126 Å². The first-order valence-electron chi connectivity index (χ1n) is 28.8. The molecule has 16 nitrogen and oxygen atoms in total. The number of carbonyl (C=O) groups is 4. The van der Waals surface area contributed by atoms with E-state index in [2.05, 4.69) is 63.8 Å². The molecule has 4 aromatic rings. The summed E-state index contributed by atoms with van der Waals surface area (Å²) < 4.78 is 0. The molecule has 16 heteroatoms. The lowest BCUT2D eigenvalue weighted by molar-refractivity contribution is -0.153. The maximum absolute atomic E-state index is 16.0. The van der Waals surface area contributed by atoms with Gasteiger partial charge in [0.2, 0.25) is 23.6 Å². The van der Waals surface area contributed by atoms with E-state index in [0.717, 1.165) is 38.5 Å². The summed E-state index contributed by atoms with van der Waals surface area (Å²) in [6.45, 7) is 0. The van der Waals surface area contributed by atoms with E-state index in [9.17, 15) is 0 Å². The summed E-state index contributed by atoms with van der Waals surface area (Å²) in [5.74, 6) is -5.70. The fourth-order valence-electron chi connectivity index (χ4n) is 16.5. The molecule has 5 saturated heterocycles. The molecule has 0 radical (unpaired) electrons. The molecular formula is C60H76N12O4. The molecule has 4 aliphatic carbocycles. The normalized spacial score (nSPS) is 39.3. The van der Waals surface area contributed by atoms with Crippen LogP contribution in [0.5, 0.6) is 0 Å². The summed E-state index contributed by atoms with van der Waals surface area (Å²) in [6, 6.07) is 37.1. The molecule has 20 unspecified atom stereocenters. The molecule has 5 heterocycles.